The second-order valence-electron chi connectivity index (χ2n) is 10.8. The standard InChI is InChI=1S/C33H35N3O4/c1-5-21-10-13-23(14-11-21)25-19-36-29(37)20-35(17-16-22-12-15-27(39-3)28(18-22)40-4)32(38)33(36,2)31-30(25)24-8-6-7-9-26(24)34-31/h6-15,18,25,34H,5,16-17,19-20H2,1-4H3/t25-,33-/m0/s1. The van der Waals surface area contributed by atoms with Crippen molar-refractivity contribution in [2.24, 2.45) is 0 Å². The number of aromatic amines is 1. The molecular formula is C33H35N3O4. The molecular weight excluding hydrogens is 502 g/mol. The molecule has 1 aromatic heterocycles. The molecule has 2 atom stereocenters. The first-order valence-corrected chi connectivity index (χ1v) is 13.9. The third kappa shape index (κ3) is 4.03. The summed E-state index contributed by atoms with van der Waals surface area (Å²) >= 11 is 0. The number of ether oxygens (including phenoxy) is 2. The number of benzene rings is 3. The first kappa shape index (κ1) is 26.0. The molecule has 7 nitrogen and oxygen atoms in total. The summed E-state index contributed by atoms with van der Waals surface area (Å²) in [6, 6.07) is 22.6. The number of fused-ring (bicyclic) bond motifs is 5. The van der Waals surface area contributed by atoms with Gasteiger partial charge in [-0.05, 0) is 60.2 Å². The van der Waals surface area contributed by atoms with Crippen LogP contribution in [0.2, 0.25) is 0 Å². The summed E-state index contributed by atoms with van der Waals surface area (Å²) in [7, 11) is 3.21. The molecule has 6 rings (SSSR count). The Morgan fingerprint density at radius 2 is 1.68 bits per heavy atom. The molecule has 0 saturated carbocycles. The van der Waals surface area contributed by atoms with Gasteiger partial charge < -0.3 is 24.3 Å². The Labute approximate surface area is 234 Å². The monoisotopic (exact) mass is 537 g/mol. The Hall–Kier alpha value is -4.26. The lowest BCUT2D eigenvalue weighted by Gasteiger charge is -2.51. The summed E-state index contributed by atoms with van der Waals surface area (Å²) in [5.41, 5.74) is 5.24. The van der Waals surface area contributed by atoms with Gasteiger partial charge >= 0.3 is 0 Å². The number of hydrogen-bond donors (Lipinski definition) is 1. The smallest absolute Gasteiger partial charge is 0.254 e. The topological polar surface area (TPSA) is 74.9 Å². The van der Waals surface area contributed by atoms with Crippen LogP contribution in [0.4, 0.5) is 0 Å². The van der Waals surface area contributed by atoms with Gasteiger partial charge in [0.1, 0.15) is 0 Å². The van der Waals surface area contributed by atoms with Gasteiger partial charge in [-0.3, -0.25) is 9.59 Å². The van der Waals surface area contributed by atoms with Gasteiger partial charge in [-0.15, -0.1) is 0 Å². The van der Waals surface area contributed by atoms with E-state index in [1.165, 1.54) is 5.56 Å². The number of rotatable bonds is 7. The maximum atomic E-state index is 14.3. The van der Waals surface area contributed by atoms with E-state index >= 15 is 0 Å². The normalized spacial score (nSPS) is 20.4. The highest BCUT2D eigenvalue weighted by Crippen LogP contribution is 2.48. The first-order chi connectivity index (χ1) is 19.4. The second kappa shape index (κ2) is 10.0. The fraction of sp³-hybridized carbons (Fsp3) is 0.333. The molecule has 40 heavy (non-hydrogen) atoms. The van der Waals surface area contributed by atoms with Gasteiger partial charge in [-0.25, -0.2) is 0 Å². The lowest BCUT2D eigenvalue weighted by Crippen LogP contribution is -2.67. The van der Waals surface area contributed by atoms with Gasteiger partial charge in [0.15, 0.2) is 17.0 Å². The highest BCUT2D eigenvalue weighted by Gasteiger charge is 2.56. The van der Waals surface area contributed by atoms with Crippen LogP contribution in [0.25, 0.3) is 10.9 Å². The Morgan fingerprint density at radius 3 is 2.40 bits per heavy atom. The number of carbonyl (C=O) groups is 2. The van der Waals surface area contributed by atoms with Gasteiger partial charge in [0.25, 0.3) is 5.91 Å². The lowest BCUT2D eigenvalue weighted by molar-refractivity contribution is -0.166. The molecule has 7 heteroatoms. The van der Waals surface area contributed by atoms with E-state index < -0.39 is 5.54 Å². The van der Waals surface area contributed by atoms with Crippen molar-refractivity contribution in [3.63, 3.8) is 0 Å². The molecule has 2 aliphatic heterocycles. The van der Waals surface area contributed by atoms with E-state index in [1.807, 2.05) is 43.3 Å². The van der Waals surface area contributed by atoms with Crippen molar-refractivity contribution in [3.05, 3.63) is 94.7 Å². The van der Waals surface area contributed by atoms with Crippen LogP contribution in [0.15, 0.2) is 66.7 Å². The van der Waals surface area contributed by atoms with E-state index in [-0.39, 0.29) is 24.3 Å². The van der Waals surface area contributed by atoms with Crippen LogP contribution in [-0.2, 0) is 28.0 Å². The number of amides is 2. The fourth-order valence-corrected chi connectivity index (χ4v) is 6.44. The zero-order valence-electron chi connectivity index (χ0n) is 23.5. The molecule has 1 N–H and O–H groups in total. The Bertz CT molecular complexity index is 1590. The van der Waals surface area contributed by atoms with Gasteiger partial charge in [0.2, 0.25) is 5.91 Å². The number of H-pyrrole nitrogens is 1. The van der Waals surface area contributed by atoms with Crippen LogP contribution in [0.3, 0.4) is 0 Å². The molecule has 1 fully saturated rings. The number of para-hydroxylation sites is 1. The summed E-state index contributed by atoms with van der Waals surface area (Å²) in [6.07, 6.45) is 1.57. The number of nitrogens with one attached hydrogen (secondary N) is 1. The molecule has 2 amide bonds. The molecule has 0 spiro atoms. The highest BCUT2D eigenvalue weighted by molar-refractivity contribution is 6.01. The molecule has 0 bridgehead atoms. The van der Waals surface area contributed by atoms with Gasteiger partial charge in [-0.2, -0.15) is 0 Å². The fourth-order valence-electron chi connectivity index (χ4n) is 6.44. The zero-order valence-corrected chi connectivity index (χ0v) is 23.5. The maximum Gasteiger partial charge on any atom is 0.254 e. The van der Waals surface area contributed by atoms with Crippen LogP contribution < -0.4 is 9.47 Å². The maximum absolute atomic E-state index is 14.3. The van der Waals surface area contributed by atoms with E-state index in [1.54, 1.807) is 24.0 Å². The number of aromatic nitrogens is 1. The number of methoxy groups -OCH3 is 2. The summed E-state index contributed by atoms with van der Waals surface area (Å²) in [4.78, 5) is 35.2. The van der Waals surface area contributed by atoms with E-state index in [0.717, 1.165) is 39.7 Å². The van der Waals surface area contributed by atoms with Gasteiger partial charge in [0, 0.05) is 29.9 Å². The Balaban J connectivity index is 1.38. The summed E-state index contributed by atoms with van der Waals surface area (Å²) < 4.78 is 10.8. The second-order valence-corrected chi connectivity index (χ2v) is 10.8. The largest absolute Gasteiger partial charge is 0.493 e. The SMILES string of the molecule is CCc1ccc([C@@H]2CN3C(=O)CN(CCc4ccc(OC)c(OC)c4)C(=O)[C@]3(C)c3[nH]c4ccccc4c32)cc1. The quantitative estimate of drug-likeness (QED) is 0.359. The van der Waals surface area contributed by atoms with Gasteiger partial charge in [0.05, 0.1) is 26.5 Å². The van der Waals surface area contributed by atoms with Crippen LogP contribution in [0.5, 0.6) is 11.5 Å². The van der Waals surface area contributed by atoms with Crippen LogP contribution in [0.1, 0.15) is 47.7 Å². The van der Waals surface area contributed by atoms with Crippen molar-refractivity contribution in [1.82, 2.24) is 14.8 Å². The van der Waals surface area contributed by atoms with E-state index in [0.29, 0.717) is 31.0 Å². The third-order valence-electron chi connectivity index (χ3n) is 8.73. The average molecular weight is 538 g/mol. The number of hydrogen-bond acceptors (Lipinski definition) is 4. The summed E-state index contributed by atoms with van der Waals surface area (Å²) in [6.45, 7) is 5.01. The van der Waals surface area contributed by atoms with Crippen molar-refractivity contribution < 1.29 is 19.1 Å². The minimum atomic E-state index is -1.11. The van der Waals surface area contributed by atoms with Crippen LogP contribution in [0, 0.1) is 0 Å². The lowest BCUT2D eigenvalue weighted by atomic mass is 9.76. The van der Waals surface area contributed by atoms with E-state index in [9.17, 15) is 9.59 Å². The number of nitrogens with zero attached hydrogens (tertiary/aromatic N) is 2. The summed E-state index contributed by atoms with van der Waals surface area (Å²) in [5.74, 6) is 1.19. The predicted molar refractivity (Wildman–Crippen MR) is 155 cm³/mol. The Kier molecular flexibility index (Phi) is 6.53. The van der Waals surface area contributed by atoms with Crippen LogP contribution in [-0.4, -0.2) is 60.5 Å². The number of carbonyl (C=O) groups excluding carboxylic acids is 2. The van der Waals surface area contributed by atoms with E-state index in [4.69, 9.17) is 9.47 Å². The van der Waals surface area contributed by atoms with Crippen molar-refractivity contribution in [3.8, 4) is 11.5 Å². The molecule has 206 valence electrons. The molecule has 2 aliphatic rings. The van der Waals surface area contributed by atoms with Crippen molar-refractivity contribution in [2.45, 2.75) is 38.1 Å². The molecule has 4 aromatic rings. The van der Waals surface area contributed by atoms with E-state index in [2.05, 4.69) is 42.2 Å². The molecule has 1 saturated heterocycles. The van der Waals surface area contributed by atoms with Crippen molar-refractivity contribution >= 4 is 22.7 Å². The summed E-state index contributed by atoms with van der Waals surface area (Å²) in [5, 5.41) is 1.10. The van der Waals surface area contributed by atoms with Crippen LogP contribution >= 0.6 is 0 Å². The molecule has 3 heterocycles. The van der Waals surface area contributed by atoms with Gasteiger partial charge in [-0.1, -0.05) is 55.5 Å². The Morgan fingerprint density at radius 1 is 0.950 bits per heavy atom. The third-order valence-corrected chi connectivity index (χ3v) is 8.73. The predicted octanol–water partition coefficient (Wildman–Crippen LogP) is 5.02. The molecule has 0 unspecified atom stereocenters. The van der Waals surface area contributed by atoms with Crippen molar-refractivity contribution in [1.29, 1.82) is 0 Å². The molecule has 3 aromatic carbocycles. The highest BCUT2D eigenvalue weighted by atomic mass is 16.5. The minimum absolute atomic E-state index is 0.0276. The number of piperazine rings is 1. The first-order valence-electron chi connectivity index (χ1n) is 13.9. The zero-order chi connectivity index (χ0) is 28.0. The van der Waals surface area contributed by atoms with Crippen molar-refractivity contribution in [2.75, 3.05) is 33.9 Å². The molecule has 0 radical (unpaired) electrons. The minimum Gasteiger partial charge on any atom is -0.493 e. The average Bonchev–Trinajstić information content (AvgIpc) is 3.39. The molecule has 0 aliphatic carbocycles. The number of aryl methyl sites for hydroxylation is 1.